The standard InChI is InChI=1S/C20H20F4N6O2/c1-10-7-16(25-8-13(10)21)28-19(32)30-12-5-6-29(9-12)15-4-3-14(27-17(15)30)18(31)26-11(2)20(22,23)24/h3-4,7-8,11-12H,5-6,9H2,1-2H3,(H,26,31)(H,25,28,32)/t11?,12-/m0/s1. The van der Waals surface area contributed by atoms with Crippen molar-refractivity contribution in [2.45, 2.75) is 38.5 Å². The lowest BCUT2D eigenvalue weighted by molar-refractivity contribution is -0.149. The van der Waals surface area contributed by atoms with Gasteiger partial charge in [0.1, 0.15) is 23.4 Å². The summed E-state index contributed by atoms with van der Waals surface area (Å²) in [5.74, 6) is -1.20. The number of halogens is 4. The Morgan fingerprint density at radius 3 is 2.72 bits per heavy atom. The molecule has 12 heteroatoms. The van der Waals surface area contributed by atoms with Crippen LogP contribution in [0.4, 0.5) is 39.7 Å². The highest BCUT2D eigenvalue weighted by Crippen LogP contribution is 2.39. The van der Waals surface area contributed by atoms with Crippen LogP contribution >= 0.6 is 0 Å². The van der Waals surface area contributed by atoms with Gasteiger partial charge in [-0.05, 0) is 44.0 Å². The number of fused-ring (bicyclic) bond motifs is 4. The number of pyridine rings is 2. The fraction of sp³-hybridized carbons (Fsp3) is 0.400. The van der Waals surface area contributed by atoms with Crippen LogP contribution in [0, 0.1) is 12.7 Å². The molecule has 0 aromatic carbocycles. The molecule has 4 rings (SSSR count). The van der Waals surface area contributed by atoms with E-state index in [9.17, 15) is 27.2 Å². The first-order valence-electron chi connectivity index (χ1n) is 9.90. The van der Waals surface area contributed by atoms with Crippen LogP contribution in [0.2, 0.25) is 0 Å². The molecule has 4 heterocycles. The van der Waals surface area contributed by atoms with Crippen LogP contribution in [0.1, 0.15) is 29.4 Å². The number of nitrogens with one attached hydrogen (secondary N) is 2. The number of alkyl halides is 3. The Labute approximate surface area is 180 Å². The second kappa shape index (κ2) is 7.92. The summed E-state index contributed by atoms with van der Waals surface area (Å²) in [6.45, 7) is 3.58. The van der Waals surface area contributed by atoms with E-state index in [0.29, 0.717) is 30.8 Å². The molecule has 0 radical (unpaired) electrons. The Morgan fingerprint density at radius 2 is 2.03 bits per heavy atom. The monoisotopic (exact) mass is 452 g/mol. The normalized spacial score (nSPS) is 18.2. The van der Waals surface area contributed by atoms with Gasteiger partial charge in [-0.2, -0.15) is 13.2 Å². The summed E-state index contributed by atoms with van der Waals surface area (Å²) in [7, 11) is 0. The number of hydrogen-bond acceptors (Lipinski definition) is 5. The molecule has 0 aliphatic carbocycles. The predicted molar refractivity (Wildman–Crippen MR) is 108 cm³/mol. The number of aromatic nitrogens is 2. The van der Waals surface area contributed by atoms with Crippen molar-refractivity contribution >= 4 is 29.3 Å². The van der Waals surface area contributed by atoms with Crippen molar-refractivity contribution in [1.29, 1.82) is 0 Å². The van der Waals surface area contributed by atoms with E-state index < -0.39 is 30.0 Å². The molecular weight excluding hydrogens is 432 g/mol. The zero-order chi connectivity index (χ0) is 23.2. The van der Waals surface area contributed by atoms with Gasteiger partial charge >= 0.3 is 12.2 Å². The minimum absolute atomic E-state index is 0.142. The quantitative estimate of drug-likeness (QED) is 0.698. The number of rotatable bonds is 3. The number of carbonyl (C=O) groups excluding carboxylic acids is 2. The van der Waals surface area contributed by atoms with Crippen LogP contribution in [0.25, 0.3) is 0 Å². The van der Waals surface area contributed by atoms with Crippen molar-refractivity contribution in [2.24, 2.45) is 0 Å². The van der Waals surface area contributed by atoms with Gasteiger partial charge in [-0.15, -0.1) is 0 Å². The van der Waals surface area contributed by atoms with E-state index in [1.165, 1.54) is 24.0 Å². The summed E-state index contributed by atoms with van der Waals surface area (Å²) in [6, 6.07) is 1.40. The third-order valence-electron chi connectivity index (χ3n) is 5.52. The van der Waals surface area contributed by atoms with Crippen molar-refractivity contribution in [1.82, 2.24) is 15.3 Å². The molecule has 1 saturated heterocycles. The fourth-order valence-corrected chi connectivity index (χ4v) is 3.73. The molecule has 0 saturated carbocycles. The highest BCUT2D eigenvalue weighted by atomic mass is 19.4. The first-order valence-corrected chi connectivity index (χ1v) is 9.90. The molecule has 32 heavy (non-hydrogen) atoms. The summed E-state index contributed by atoms with van der Waals surface area (Å²) < 4.78 is 51.9. The molecular formula is C20H20F4N6O2. The molecule has 2 bridgehead atoms. The van der Waals surface area contributed by atoms with Crippen LogP contribution in [-0.4, -0.2) is 53.3 Å². The van der Waals surface area contributed by atoms with Gasteiger partial charge in [-0.1, -0.05) is 0 Å². The van der Waals surface area contributed by atoms with Gasteiger partial charge in [0.15, 0.2) is 5.82 Å². The van der Waals surface area contributed by atoms with Crippen molar-refractivity contribution in [2.75, 3.05) is 28.2 Å². The van der Waals surface area contributed by atoms with Crippen molar-refractivity contribution < 1.29 is 27.2 Å². The van der Waals surface area contributed by atoms with E-state index in [-0.39, 0.29) is 23.4 Å². The summed E-state index contributed by atoms with van der Waals surface area (Å²) in [5, 5.41) is 4.48. The number of aryl methyl sites for hydroxylation is 1. The van der Waals surface area contributed by atoms with Crippen LogP contribution in [0.3, 0.4) is 0 Å². The molecule has 170 valence electrons. The maximum Gasteiger partial charge on any atom is 0.408 e. The Balaban J connectivity index is 1.63. The average molecular weight is 452 g/mol. The Hall–Kier alpha value is -3.44. The lowest BCUT2D eigenvalue weighted by Gasteiger charge is -2.35. The van der Waals surface area contributed by atoms with Gasteiger partial charge in [-0.25, -0.2) is 19.2 Å². The summed E-state index contributed by atoms with van der Waals surface area (Å²) in [6.07, 6.45) is -2.96. The van der Waals surface area contributed by atoms with Crippen molar-refractivity contribution in [3.8, 4) is 0 Å². The average Bonchev–Trinajstić information content (AvgIpc) is 3.14. The van der Waals surface area contributed by atoms with Crippen LogP contribution in [0.5, 0.6) is 0 Å². The van der Waals surface area contributed by atoms with Crippen LogP contribution in [0.15, 0.2) is 24.4 Å². The Kier molecular flexibility index (Phi) is 5.39. The summed E-state index contributed by atoms with van der Waals surface area (Å²) in [5.41, 5.74) is 0.658. The van der Waals surface area contributed by atoms with E-state index in [2.05, 4.69) is 15.3 Å². The second-order valence-corrected chi connectivity index (χ2v) is 7.78. The van der Waals surface area contributed by atoms with Crippen molar-refractivity contribution in [3.63, 3.8) is 0 Å². The smallest absolute Gasteiger partial charge is 0.366 e. The first-order chi connectivity index (χ1) is 15.0. The number of urea groups is 1. The minimum atomic E-state index is -4.60. The Morgan fingerprint density at radius 1 is 1.28 bits per heavy atom. The van der Waals surface area contributed by atoms with E-state index in [1.807, 2.05) is 10.2 Å². The Bertz CT molecular complexity index is 1080. The number of hydrogen-bond donors (Lipinski definition) is 2. The molecule has 2 atom stereocenters. The maximum absolute atomic E-state index is 13.5. The lowest BCUT2D eigenvalue weighted by Crippen LogP contribution is -2.49. The number of anilines is 3. The summed E-state index contributed by atoms with van der Waals surface area (Å²) >= 11 is 0. The number of carbonyl (C=O) groups is 2. The van der Waals surface area contributed by atoms with Gasteiger partial charge in [0.05, 0.1) is 17.9 Å². The number of amides is 3. The third-order valence-corrected chi connectivity index (χ3v) is 5.52. The molecule has 1 fully saturated rings. The molecule has 2 aromatic rings. The van der Waals surface area contributed by atoms with E-state index in [1.54, 1.807) is 6.07 Å². The lowest BCUT2D eigenvalue weighted by atomic mass is 10.1. The van der Waals surface area contributed by atoms with Crippen LogP contribution < -0.4 is 20.4 Å². The SMILES string of the molecule is Cc1cc(NC(=O)N2c3nc(C(=O)NC(C)C(F)(F)F)ccc3N3CC[C@H]2C3)ncc1F. The second-order valence-electron chi connectivity index (χ2n) is 7.78. The molecule has 2 aliphatic rings. The fourth-order valence-electron chi connectivity index (χ4n) is 3.73. The van der Waals surface area contributed by atoms with E-state index in [4.69, 9.17) is 0 Å². The highest BCUT2D eigenvalue weighted by Gasteiger charge is 2.41. The van der Waals surface area contributed by atoms with Crippen molar-refractivity contribution in [3.05, 3.63) is 41.5 Å². The van der Waals surface area contributed by atoms with Gasteiger partial charge in [-0.3, -0.25) is 15.0 Å². The van der Waals surface area contributed by atoms with Gasteiger partial charge < -0.3 is 10.2 Å². The molecule has 1 unspecified atom stereocenters. The largest absolute Gasteiger partial charge is 0.408 e. The molecule has 3 amide bonds. The summed E-state index contributed by atoms with van der Waals surface area (Å²) in [4.78, 5) is 36.9. The molecule has 8 nitrogen and oxygen atoms in total. The third kappa shape index (κ3) is 4.04. The van der Waals surface area contributed by atoms with Gasteiger partial charge in [0, 0.05) is 13.1 Å². The van der Waals surface area contributed by atoms with Gasteiger partial charge in [0.2, 0.25) is 0 Å². The molecule has 0 spiro atoms. The molecule has 2 aliphatic heterocycles. The predicted octanol–water partition coefficient (Wildman–Crippen LogP) is 3.24. The maximum atomic E-state index is 13.5. The van der Waals surface area contributed by atoms with E-state index >= 15 is 0 Å². The minimum Gasteiger partial charge on any atom is -0.366 e. The van der Waals surface area contributed by atoms with E-state index in [0.717, 1.165) is 13.1 Å². The zero-order valence-corrected chi connectivity index (χ0v) is 17.2. The number of nitrogens with zero attached hydrogens (tertiary/aromatic N) is 4. The molecule has 2 aromatic heterocycles. The molecule has 2 N–H and O–H groups in total. The zero-order valence-electron chi connectivity index (χ0n) is 17.2. The first kappa shape index (κ1) is 21.8. The highest BCUT2D eigenvalue weighted by molar-refractivity contribution is 6.05. The van der Waals surface area contributed by atoms with Gasteiger partial charge in [0.25, 0.3) is 5.91 Å². The van der Waals surface area contributed by atoms with Crippen LogP contribution in [-0.2, 0) is 0 Å². The topological polar surface area (TPSA) is 90.5 Å².